The molecular weight excluding hydrogens is 288 g/mol. The number of carbonyl (C=O) groups excluding carboxylic acids is 1. The molecule has 0 aliphatic rings. The van der Waals surface area contributed by atoms with Gasteiger partial charge >= 0.3 is 0 Å². The highest BCUT2D eigenvalue weighted by Crippen LogP contribution is 2.29. The molecule has 0 aliphatic carbocycles. The van der Waals surface area contributed by atoms with E-state index in [0.29, 0.717) is 5.69 Å². The van der Waals surface area contributed by atoms with Gasteiger partial charge in [0.15, 0.2) is 5.65 Å². The van der Waals surface area contributed by atoms with Crippen molar-refractivity contribution in [2.24, 2.45) is 0 Å². The van der Waals surface area contributed by atoms with E-state index < -0.39 is 0 Å². The Labute approximate surface area is 135 Å². The lowest BCUT2D eigenvalue weighted by atomic mass is 10.1. The van der Waals surface area contributed by atoms with Crippen molar-refractivity contribution < 1.29 is 4.79 Å². The maximum atomic E-state index is 12.1. The van der Waals surface area contributed by atoms with Gasteiger partial charge in [-0.2, -0.15) is 5.10 Å². The summed E-state index contributed by atoms with van der Waals surface area (Å²) in [4.78, 5) is 16.7. The highest BCUT2D eigenvalue weighted by molar-refractivity contribution is 5.93. The minimum atomic E-state index is -0.188. The van der Waals surface area contributed by atoms with Crippen LogP contribution in [0, 0.1) is 6.92 Å². The van der Waals surface area contributed by atoms with E-state index in [9.17, 15) is 4.79 Å². The van der Waals surface area contributed by atoms with Crippen molar-refractivity contribution in [3.05, 3.63) is 53.5 Å². The molecular formula is C18H20N4O. The molecule has 0 saturated carbocycles. The number of benzene rings is 1. The molecule has 2 aromatic heterocycles. The summed E-state index contributed by atoms with van der Waals surface area (Å²) in [5.41, 5.74) is 5.03. The highest BCUT2D eigenvalue weighted by atomic mass is 16.1. The van der Waals surface area contributed by atoms with Crippen LogP contribution in [0.2, 0.25) is 0 Å². The largest absolute Gasteiger partial charge is 0.354 e. The van der Waals surface area contributed by atoms with Crippen LogP contribution in [0.3, 0.4) is 0 Å². The zero-order chi connectivity index (χ0) is 16.6. The number of aromatic nitrogens is 3. The molecule has 0 radical (unpaired) electrons. The molecule has 118 valence electrons. The number of amides is 1. The molecule has 1 aromatic carbocycles. The Morgan fingerprint density at radius 3 is 2.52 bits per heavy atom. The predicted molar refractivity (Wildman–Crippen MR) is 90.6 cm³/mol. The fourth-order valence-electron chi connectivity index (χ4n) is 2.74. The van der Waals surface area contributed by atoms with Crippen molar-refractivity contribution in [3.63, 3.8) is 0 Å². The van der Waals surface area contributed by atoms with Gasteiger partial charge in [-0.1, -0.05) is 44.2 Å². The number of nitrogens with one attached hydrogen (secondary N) is 1. The molecule has 0 aliphatic heterocycles. The molecule has 2 heterocycles. The Morgan fingerprint density at radius 2 is 1.91 bits per heavy atom. The van der Waals surface area contributed by atoms with Gasteiger partial charge in [0.05, 0.1) is 5.69 Å². The topological polar surface area (TPSA) is 59.3 Å². The van der Waals surface area contributed by atoms with Crippen LogP contribution in [0.5, 0.6) is 0 Å². The van der Waals surface area contributed by atoms with Crippen molar-refractivity contribution in [2.45, 2.75) is 26.7 Å². The molecule has 23 heavy (non-hydrogen) atoms. The molecule has 5 heteroatoms. The van der Waals surface area contributed by atoms with Crippen LogP contribution in [0.4, 0.5) is 0 Å². The zero-order valence-electron chi connectivity index (χ0n) is 13.8. The summed E-state index contributed by atoms with van der Waals surface area (Å²) in [6.07, 6.45) is 0. The summed E-state index contributed by atoms with van der Waals surface area (Å²) in [5.74, 6) is 0.0408. The van der Waals surface area contributed by atoms with Gasteiger partial charge in [0.1, 0.15) is 5.69 Å². The fraction of sp³-hybridized carbons (Fsp3) is 0.278. The Kier molecular flexibility index (Phi) is 3.86. The molecule has 0 unspecified atom stereocenters. The van der Waals surface area contributed by atoms with Crippen LogP contribution in [0.1, 0.15) is 41.6 Å². The summed E-state index contributed by atoms with van der Waals surface area (Å²) in [6, 6.07) is 11.8. The average Bonchev–Trinajstić information content (AvgIpc) is 2.89. The summed E-state index contributed by atoms with van der Waals surface area (Å²) in [6.45, 7) is 6.14. The Hall–Kier alpha value is -2.69. The molecule has 5 nitrogen and oxygen atoms in total. The van der Waals surface area contributed by atoms with E-state index in [1.54, 1.807) is 7.05 Å². The molecule has 0 saturated heterocycles. The number of nitrogens with zero attached hydrogens (tertiary/aromatic N) is 3. The van der Waals surface area contributed by atoms with Crippen LogP contribution < -0.4 is 5.32 Å². The van der Waals surface area contributed by atoms with Gasteiger partial charge < -0.3 is 5.32 Å². The van der Waals surface area contributed by atoms with Gasteiger partial charge in [-0.3, -0.25) is 4.79 Å². The van der Waals surface area contributed by atoms with Gasteiger partial charge in [0.2, 0.25) is 0 Å². The second-order valence-corrected chi connectivity index (χ2v) is 5.86. The van der Waals surface area contributed by atoms with Gasteiger partial charge in [0.25, 0.3) is 5.91 Å². The van der Waals surface area contributed by atoms with E-state index in [1.807, 2.05) is 47.8 Å². The molecule has 0 fully saturated rings. The molecule has 0 spiro atoms. The Balaban J connectivity index is 2.36. The van der Waals surface area contributed by atoms with Crippen LogP contribution in [-0.2, 0) is 0 Å². The first-order chi connectivity index (χ1) is 11.0. The maximum Gasteiger partial charge on any atom is 0.269 e. The Morgan fingerprint density at radius 1 is 1.22 bits per heavy atom. The summed E-state index contributed by atoms with van der Waals surface area (Å²) >= 11 is 0. The third-order valence-electron chi connectivity index (χ3n) is 3.91. The highest BCUT2D eigenvalue weighted by Gasteiger charge is 2.19. The molecule has 3 aromatic rings. The van der Waals surface area contributed by atoms with Gasteiger partial charge in [-0.25, -0.2) is 9.50 Å². The first-order valence-electron chi connectivity index (χ1n) is 7.70. The zero-order valence-corrected chi connectivity index (χ0v) is 13.8. The summed E-state index contributed by atoms with van der Waals surface area (Å²) in [7, 11) is 1.61. The van der Waals surface area contributed by atoms with Crippen LogP contribution in [0.15, 0.2) is 36.4 Å². The number of fused-ring (bicyclic) bond motifs is 1. The minimum Gasteiger partial charge on any atom is -0.354 e. The normalized spacial score (nSPS) is 11.2. The second-order valence-electron chi connectivity index (χ2n) is 5.86. The first kappa shape index (κ1) is 15.2. The third kappa shape index (κ3) is 2.59. The predicted octanol–water partition coefficient (Wildman–Crippen LogP) is 3.19. The van der Waals surface area contributed by atoms with E-state index in [2.05, 4.69) is 29.2 Å². The number of hydrogen-bond acceptors (Lipinski definition) is 3. The lowest BCUT2D eigenvalue weighted by Gasteiger charge is -2.10. The lowest BCUT2D eigenvalue weighted by Crippen LogP contribution is -2.20. The number of hydrogen-bond donors (Lipinski definition) is 1. The van der Waals surface area contributed by atoms with E-state index in [4.69, 9.17) is 0 Å². The lowest BCUT2D eigenvalue weighted by molar-refractivity contribution is 0.0958. The van der Waals surface area contributed by atoms with Crippen LogP contribution in [0.25, 0.3) is 16.8 Å². The van der Waals surface area contributed by atoms with Crippen molar-refractivity contribution >= 4 is 11.6 Å². The molecule has 0 bridgehead atoms. The van der Waals surface area contributed by atoms with Crippen molar-refractivity contribution in [2.75, 3.05) is 7.05 Å². The second kappa shape index (κ2) is 5.83. The number of aryl methyl sites for hydroxylation is 1. The smallest absolute Gasteiger partial charge is 0.269 e. The van der Waals surface area contributed by atoms with Crippen LogP contribution >= 0.6 is 0 Å². The van der Waals surface area contributed by atoms with Gasteiger partial charge in [-0.05, 0) is 24.5 Å². The van der Waals surface area contributed by atoms with E-state index >= 15 is 0 Å². The summed E-state index contributed by atoms with van der Waals surface area (Å²) < 4.78 is 1.86. The van der Waals surface area contributed by atoms with Crippen molar-refractivity contribution in [3.8, 4) is 11.1 Å². The standard InChI is InChI=1S/C18H20N4O/c1-11(2)15-10-14(18(23)19-4)20-17-16(12(3)21-22(15)17)13-8-6-5-7-9-13/h5-11H,1-4H3,(H,19,23). The SMILES string of the molecule is CNC(=O)c1cc(C(C)C)n2nc(C)c(-c3ccccc3)c2n1. The van der Waals surface area contributed by atoms with E-state index in [1.165, 1.54) is 0 Å². The van der Waals surface area contributed by atoms with Gasteiger partial charge in [0, 0.05) is 18.3 Å². The van der Waals surface area contributed by atoms with Crippen molar-refractivity contribution in [1.82, 2.24) is 19.9 Å². The minimum absolute atomic E-state index is 0.188. The molecule has 3 rings (SSSR count). The fourth-order valence-corrected chi connectivity index (χ4v) is 2.74. The first-order valence-corrected chi connectivity index (χ1v) is 7.70. The van der Waals surface area contributed by atoms with E-state index in [-0.39, 0.29) is 11.8 Å². The number of rotatable bonds is 3. The molecule has 1 amide bonds. The average molecular weight is 308 g/mol. The van der Waals surface area contributed by atoms with E-state index in [0.717, 1.165) is 28.2 Å². The van der Waals surface area contributed by atoms with Crippen molar-refractivity contribution in [1.29, 1.82) is 0 Å². The van der Waals surface area contributed by atoms with Crippen LogP contribution in [-0.4, -0.2) is 27.6 Å². The summed E-state index contributed by atoms with van der Waals surface area (Å²) in [5, 5.41) is 7.31. The molecule has 0 atom stereocenters. The maximum absolute atomic E-state index is 12.1. The quantitative estimate of drug-likeness (QED) is 0.808. The van der Waals surface area contributed by atoms with Gasteiger partial charge in [-0.15, -0.1) is 0 Å². The molecule has 1 N–H and O–H groups in total. The number of carbonyl (C=O) groups is 1. The monoisotopic (exact) mass is 308 g/mol. The third-order valence-corrected chi connectivity index (χ3v) is 3.91. The Bertz CT molecular complexity index is 866.